The van der Waals surface area contributed by atoms with Crippen LogP contribution in [0.3, 0.4) is 0 Å². The van der Waals surface area contributed by atoms with Crippen molar-refractivity contribution in [3.63, 3.8) is 0 Å². The van der Waals surface area contributed by atoms with Gasteiger partial charge in [0.25, 0.3) is 5.91 Å². The maximum Gasteiger partial charge on any atom is 0.274 e. The number of carbonyl (C=O) groups is 1. The number of benzene rings is 1. The maximum absolute atomic E-state index is 13.0. The van der Waals surface area contributed by atoms with Crippen molar-refractivity contribution < 1.29 is 14.3 Å². The third kappa shape index (κ3) is 3.74. The highest BCUT2D eigenvalue weighted by Crippen LogP contribution is 2.31. The van der Waals surface area contributed by atoms with Gasteiger partial charge < -0.3 is 14.8 Å². The Balaban J connectivity index is 1.95. The van der Waals surface area contributed by atoms with Gasteiger partial charge in [0.2, 0.25) is 0 Å². The zero-order valence-corrected chi connectivity index (χ0v) is 16.2. The minimum absolute atomic E-state index is 0.198. The molecule has 0 atom stereocenters. The number of imidazole rings is 1. The molecule has 6 heteroatoms. The van der Waals surface area contributed by atoms with Gasteiger partial charge in [0.15, 0.2) is 11.5 Å². The van der Waals surface area contributed by atoms with Crippen molar-refractivity contribution in [3.8, 4) is 11.5 Å². The number of amides is 1. The summed E-state index contributed by atoms with van der Waals surface area (Å²) in [5.74, 6) is 1.08. The second-order valence-corrected chi connectivity index (χ2v) is 6.13. The first-order chi connectivity index (χ1) is 13.1. The van der Waals surface area contributed by atoms with Gasteiger partial charge in [0, 0.05) is 18.0 Å². The first-order valence-corrected chi connectivity index (χ1v) is 9.26. The smallest absolute Gasteiger partial charge is 0.274 e. The Morgan fingerprint density at radius 1 is 1.11 bits per heavy atom. The number of nitrogens with one attached hydrogen (secondary N) is 1. The van der Waals surface area contributed by atoms with Crippen LogP contribution in [0.2, 0.25) is 0 Å². The molecule has 0 radical (unpaired) electrons. The van der Waals surface area contributed by atoms with Crippen LogP contribution >= 0.6 is 0 Å². The Morgan fingerprint density at radius 2 is 1.85 bits per heavy atom. The average Bonchev–Trinajstić information content (AvgIpc) is 3.04. The van der Waals surface area contributed by atoms with E-state index in [1.807, 2.05) is 62.6 Å². The van der Waals surface area contributed by atoms with Gasteiger partial charge in [-0.05, 0) is 51.0 Å². The molecule has 142 valence electrons. The van der Waals surface area contributed by atoms with Gasteiger partial charge in [-0.3, -0.25) is 9.20 Å². The molecule has 27 heavy (non-hydrogen) atoms. The van der Waals surface area contributed by atoms with Crippen LogP contribution in [0, 0.1) is 6.92 Å². The summed E-state index contributed by atoms with van der Waals surface area (Å²) in [6, 6.07) is 9.32. The molecule has 0 aliphatic heterocycles. The number of ether oxygens (including phenoxy) is 2. The van der Waals surface area contributed by atoms with E-state index in [9.17, 15) is 4.79 Å². The van der Waals surface area contributed by atoms with E-state index in [2.05, 4.69) is 10.3 Å². The van der Waals surface area contributed by atoms with Gasteiger partial charge >= 0.3 is 0 Å². The lowest BCUT2D eigenvalue weighted by molar-refractivity contribution is 0.102. The molecule has 2 aromatic heterocycles. The molecular weight excluding hydrogens is 342 g/mol. The predicted molar refractivity (Wildman–Crippen MR) is 106 cm³/mol. The van der Waals surface area contributed by atoms with E-state index >= 15 is 0 Å². The van der Waals surface area contributed by atoms with Crippen LogP contribution in [0.25, 0.3) is 5.65 Å². The second kappa shape index (κ2) is 8.12. The predicted octanol–water partition coefficient (Wildman–Crippen LogP) is 4.25. The molecule has 0 saturated carbocycles. The van der Waals surface area contributed by atoms with Crippen molar-refractivity contribution >= 4 is 17.2 Å². The SMILES string of the molecule is CCOc1ccc(NC(=O)c2c(CC)nc3c(C)cccn23)cc1OCC. The summed E-state index contributed by atoms with van der Waals surface area (Å²) in [4.78, 5) is 17.7. The molecule has 0 aliphatic carbocycles. The molecule has 1 amide bonds. The van der Waals surface area contributed by atoms with Crippen LogP contribution in [0.1, 0.15) is 42.5 Å². The Labute approximate surface area is 159 Å². The highest BCUT2D eigenvalue weighted by molar-refractivity contribution is 6.04. The number of rotatable bonds is 7. The van der Waals surface area contributed by atoms with Gasteiger partial charge in [-0.2, -0.15) is 0 Å². The summed E-state index contributed by atoms with van der Waals surface area (Å²) in [5.41, 5.74) is 3.82. The lowest BCUT2D eigenvalue weighted by Gasteiger charge is -2.13. The molecule has 3 rings (SSSR count). The standard InChI is InChI=1S/C21H25N3O3/c1-5-16-19(24-12-8-9-14(4)20(24)23-16)21(25)22-15-10-11-17(26-6-2)18(13-15)27-7-3/h8-13H,5-7H2,1-4H3,(H,22,25). The fourth-order valence-corrected chi connectivity index (χ4v) is 3.06. The monoisotopic (exact) mass is 367 g/mol. The molecule has 0 spiro atoms. The summed E-state index contributed by atoms with van der Waals surface area (Å²) in [6.07, 6.45) is 2.55. The van der Waals surface area contributed by atoms with E-state index in [4.69, 9.17) is 9.47 Å². The van der Waals surface area contributed by atoms with E-state index < -0.39 is 0 Å². The quantitative estimate of drug-likeness (QED) is 0.678. The normalized spacial score (nSPS) is 10.8. The summed E-state index contributed by atoms with van der Waals surface area (Å²) in [7, 11) is 0. The van der Waals surface area contributed by atoms with Gasteiger partial charge in [-0.25, -0.2) is 4.98 Å². The number of carbonyl (C=O) groups excluding carboxylic acids is 1. The van der Waals surface area contributed by atoms with Crippen molar-refractivity contribution in [1.82, 2.24) is 9.38 Å². The molecule has 1 N–H and O–H groups in total. The summed E-state index contributed by atoms with van der Waals surface area (Å²) in [6.45, 7) is 8.89. The van der Waals surface area contributed by atoms with E-state index in [0.717, 1.165) is 16.9 Å². The highest BCUT2D eigenvalue weighted by Gasteiger charge is 2.19. The van der Waals surface area contributed by atoms with Gasteiger partial charge in [0.05, 0.1) is 18.9 Å². The van der Waals surface area contributed by atoms with Crippen LogP contribution in [-0.2, 0) is 6.42 Å². The Kier molecular flexibility index (Phi) is 5.64. The second-order valence-electron chi connectivity index (χ2n) is 6.13. The summed E-state index contributed by atoms with van der Waals surface area (Å²) in [5, 5.41) is 2.96. The van der Waals surface area contributed by atoms with Gasteiger partial charge in [-0.1, -0.05) is 13.0 Å². The number of pyridine rings is 1. The van der Waals surface area contributed by atoms with Crippen LogP contribution in [0.5, 0.6) is 11.5 Å². The number of aromatic nitrogens is 2. The van der Waals surface area contributed by atoms with Crippen molar-refractivity contribution in [1.29, 1.82) is 0 Å². The zero-order chi connectivity index (χ0) is 19.4. The molecule has 6 nitrogen and oxygen atoms in total. The van der Waals surface area contributed by atoms with Crippen LogP contribution < -0.4 is 14.8 Å². The Bertz CT molecular complexity index is 963. The lowest BCUT2D eigenvalue weighted by Crippen LogP contribution is -2.16. The van der Waals surface area contributed by atoms with E-state index in [1.54, 1.807) is 6.07 Å². The zero-order valence-electron chi connectivity index (χ0n) is 16.2. The van der Waals surface area contributed by atoms with Crippen molar-refractivity contribution in [2.45, 2.75) is 34.1 Å². The Hall–Kier alpha value is -3.02. The summed E-state index contributed by atoms with van der Waals surface area (Å²) < 4.78 is 13.1. The largest absolute Gasteiger partial charge is 0.490 e. The van der Waals surface area contributed by atoms with E-state index in [1.165, 1.54) is 0 Å². The van der Waals surface area contributed by atoms with E-state index in [0.29, 0.717) is 42.5 Å². The highest BCUT2D eigenvalue weighted by atomic mass is 16.5. The van der Waals surface area contributed by atoms with Crippen LogP contribution in [0.4, 0.5) is 5.69 Å². The summed E-state index contributed by atoms with van der Waals surface area (Å²) >= 11 is 0. The van der Waals surface area contributed by atoms with Crippen molar-refractivity contribution in [3.05, 3.63) is 53.5 Å². The number of hydrogen-bond acceptors (Lipinski definition) is 4. The van der Waals surface area contributed by atoms with Crippen LogP contribution in [0.15, 0.2) is 36.5 Å². The third-order valence-electron chi connectivity index (χ3n) is 4.27. The first-order valence-electron chi connectivity index (χ1n) is 9.26. The molecule has 0 fully saturated rings. The first kappa shape index (κ1) is 18.8. The number of hydrogen-bond donors (Lipinski definition) is 1. The maximum atomic E-state index is 13.0. The molecule has 0 saturated heterocycles. The number of nitrogens with zero attached hydrogens (tertiary/aromatic N) is 2. The number of anilines is 1. The fraction of sp³-hybridized carbons (Fsp3) is 0.333. The lowest BCUT2D eigenvalue weighted by atomic mass is 10.2. The molecule has 2 heterocycles. The van der Waals surface area contributed by atoms with Crippen molar-refractivity contribution in [2.75, 3.05) is 18.5 Å². The molecule has 0 aliphatic rings. The van der Waals surface area contributed by atoms with Gasteiger partial charge in [0.1, 0.15) is 11.3 Å². The molecule has 0 unspecified atom stereocenters. The third-order valence-corrected chi connectivity index (χ3v) is 4.27. The molecular formula is C21H25N3O3. The minimum atomic E-state index is -0.198. The Morgan fingerprint density at radius 3 is 2.56 bits per heavy atom. The van der Waals surface area contributed by atoms with Gasteiger partial charge in [-0.15, -0.1) is 0 Å². The molecule has 1 aromatic carbocycles. The fourth-order valence-electron chi connectivity index (χ4n) is 3.06. The van der Waals surface area contributed by atoms with Crippen LogP contribution in [-0.4, -0.2) is 28.5 Å². The van der Waals surface area contributed by atoms with Crippen molar-refractivity contribution in [2.24, 2.45) is 0 Å². The molecule has 0 bridgehead atoms. The average molecular weight is 367 g/mol. The molecule has 3 aromatic rings. The number of fused-ring (bicyclic) bond motifs is 1. The van der Waals surface area contributed by atoms with E-state index in [-0.39, 0.29) is 5.91 Å². The topological polar surface area (TPSA) is 64.9 Å². The number of aryl methyl sites for hydroxylation is 2. The minimum Gasteiger partial charge on any atom is -0.490 e.